The Hall–Kier alpha value is -2.43. The summed E-state index contributed by atoms with van der Waals surface area (Å²) in [5.41, 5.74) is 0. The smallest absolute Gasteiger partial charge is 0.320 e. The molecule has 10 heteroatoms. The first-order chi connectivity index (χ1) is 13.4. The number of hydrogen-bond donors (Lipinski definition) is 1. The minimum atomic E-state index is -3.42. The number of hydrogen-bond acceptors (Lipinski definition) is 6. The van der Waals surface area contributed by atoms with Crippen LogP contribution in [0.4, 0.5) is 10.6 Å². The maximum absolute atomic E-state index is 12.6. The molecule has 1 N–H and O–H groups in total. The van der Waals surface area contributed by atoms with E-state index in [0.29, 0.717) is 13.1 Å². The van der Waals surface area contributed by atoms with Crippen molar-refractivity contribution in [1.82, 2.24) is 19.6 Å². The third-order valence-corrected chi connectivity index (χ3v) is 6.25. The van der Waals surface area contributed by atoms with E-state index < -0.39 is 10.0 Å². The summed E-state index contributed by atoms with van der Waals surface area (Å²) in [6.07, 6.45) is 2.52. The van der Waals surface area contributed by atoms with Crippen LogP contribution in [0.2, 0.25) is 0 Å². The maximum Gasteiger partial charge on any atom is 0.344 e. The number of aromatic nitrogens is 2. The van der Waals surface area contributed by atoms with E-state index in [1.54, 1.807) is 4.90 Å². The van der Waals surface area contributed by atoms with Crippen molar-refractivity contribution in [3.8, 4) is 0 Å². The van der Waals surface area contributed by atoms with E-state index in [0.717, 1.165) is 25.9 Å². The number of nitrogens with one attached hydrogen (secondary N) is 1. The third-order valence-electron chi connectivity index (χ3n) is 4.57. The Bertz CT molecular complexity index is 1060. The van der Waals surface area contributed by atoms with Gasteiger partial charge in [0.05, 0.1) is 6.26 Å². The summed E-state index contributed by atoms with van der Waals surface area (Å²) in [4.78, 5) is 18.0. The fraction of sp³-hybridized carbons (Fsp3) is 0.333. The van der Waals surface area contributed by atoms with Gasteiger partial charge in [-0.25, -0.2) is 13.2 Å². The zero-order valence-electron chi connectivity index (χ0n) is 15.4. The highest BCUT2D eigenvalue weighted by atomic mass is 32.2. The SMILES string of the molecule is CS(=O)(=O)Nc1ccn(C(=O)N2CCN(Cc3cc4ccccc4s3)CC2)n1. The Kier molecular flexibility index (Phi) is 5.09. The molecule has 3 aromatic rings. The second kappa shape index (κ2) is 7.53. The van der Waals surface area contributed by atoms with Gasteiger partial charge in [-0.15, -0.1) is 16.4 Å². The normalized spacial score (nSPS) is 15.8. The van der Waals surface area contributed by atoms with Crippen molar-refractivity contribution in [2.45, 2.75) is 6.54 Å². The van der Waals surface area contributed by atoms with Crippen LogP contribution in [0.3, 0.4) is 0 Å². The fourth-order valence-electron chi connectivity index (χ4n) is 3.25. The Morgan fingerprint density at radius 3 is 2.64 bits per heavy atom. The van der Waals surface area contributed by atoms with Gasteiger partial charge in [-0.3, -0.25) is 9.62 Å². The summed E-state index contributed by atoms with van der Waals surface area (Å²) < 4.78 is 27.3. The third kappa shape index (κ3) is 4.34. The number of sulfonamides is 1. The molecule has 0 saturated carbocycles. The van der Waals surface area contributed by atoms with Crippen LogP contribution in [-0.4, -0.2) is 66.5 Å². The number of anilines is 1. The molecule has 28 heavy (non-hydrogen) atoms. The van der Waals surface area contributed by atoms with E-state index in [1.807, 2.05) is 11.3 Å². The van der Waals surface area contributed by atoms with Gasteiger partial charge >= 0.3 is 6.03 Å². The van der Waals surface area contributed by atoms with Crippen molar-refractivity contribution >= 4 is 43.3 Å². The minimum Gasteiger partial charge on any atom is -0.320 e. The number of carbonyl (C=O) groups excluding carboxylic acids is 1. The van der Waals surface area contributed by atoms with E-state index in [-0.39, 0.29) is 11.8 Å². The molecule has 3 heterocycles. The first kappa shape index (κ1) is 18.9. The Morgan fingerprint density at radius 1 is 1.18 bits per heavy atom. The second-order valence-electron chi connectivity index (χ2n) is 6.82. The van der Waals surface area contributed by atoms with Gasteiger partial charge in [0.1, 0.15) is 0 Å². The zero-order valence-corrected chi connectivity index (χ0v) is 17.0. The van der Waals surface area contributed by atoms with Gasteiger partial charge in [-0.05, 0) is 17.5 Å². The van der Waals surface area contributed by atoms with E-state index in [2.05, 4.69) is 45.1 Å². The van der Waals surface area contributed by atoms with Crippen LogP contribution in [0.25, 0.3) is 10.1 Å². The Labute approximate surface area is 167 Å². The van der Waals surface area contributed by atoms with E-state index in [1.165, 1.54) is 31.9 Å². The standard InChI is InChI=1S/C18H21N5O3S2/c1-28(25,26)20-17-6-7-23(19-17)18(24)22-10-8-21(9-11-22)13-15-12-14-4-2-3-5-16(14)27-15/h2-7,12H,8-11,13H2,1H3,(H,19,20). The fourth-order valence-corrected chi connectivity index (χ4v) is 4.85. The molecule has 1 fully saturated rings. The molecule has 1 aliphatic rings. The van der Waals surface area contributed by atoms with Crippen molar-refractivity contribution in [1.29, 1.82) is 0 Å². The summed E-state index contributed by atoms with van der Waals surface area (Å²) in [7, 11) is -3.42. The summed E-state index contributed by atoms with van der Waals surface area (Å²) >= 11 is 1.81. The molecule has 148 valence electrons. The van der Waals surface area contributed by atoms with Gasteiger partial charge in [-0.2, -0.15) is 4.68 Å². The lowest BCUT2D eigenvalue weighted by Crippen LogP contribution is -2.49. The maximum atomic E-state index is 12.6. The zero-order chi connectivity index (χ0) is 19.7. The monoisotopic (exact) mass is 419 g/mol. The van der Waals surface area contributed by atoms with Crippen LogP contribution in [0.1, 0.15) is 4.88 Å². The lowest BCUT2D eigenvalue weighted by atomic mass is 10.2. The number of amides is 1. The number of nitrogens with zero attached hydrogens (tertiary/aromatic N) is 4. The molecule has 1 aromatic carbocycles. The molecule has 1 amide bonds. The largest absolute Gasteiger partial charge is 0.344 e. The highest BCUT2D eigenvalue weighted by Gasteiger charge is 2.23. The molecule has 0 aliphatic carbocycles. The lowest BCUT2D eigenvalue weighted by Gasteiger charge is -2.34. The number of fused-ring (bicyclic) bond motifs is 1. The predicted octanol–water partition coefficient (Wildman–Crippen LogP) is 2.26. The van der Waals surface area contributed by atoms with Gasteiger partial charge in [0.2, 0.25) is 10.0 Å². The lowest BCUT2D eigenvalue weighted by molar-refractivity contribution is 0.135. The summed E-state index contributed by atoms with van der Waals surface area (Å²) in [6, 6.07) is 11.8. The average Bonchev–Trinajstić information content (AvgIpc) is 3.26. The second-order valence-corrected chi connectivity index (χ2v) is 9.73. The summed E-state index contributed by atoms with van der Waals surface area (Å²) in [5, 5.41) is 5.28. The first-order valence-electron chi connectivity index (χ1n) is 8.90. The van der Waals surface area contributed by atoms with E-state index in [4.69, 9.17) is 0 Å². The van der Waals surface area contributed by atoms with Gasteiger partial charge in [0.25, 0.3) is 0 Å². The van der Waals surface area contributed by atoms with Gasteiger partial charge in [0.15, 0.2) is 5.82 Å². The molecule has 8 nitrogen and oxygen atoms in total. The molecule has 1 saturated heterocycles. The topological polar surface area (TPSA) is 87.5 Å². The molecule has 0 radical (unpaired) electrons. The van der Waals surface area contributed by atoms with Gasteiger partial charge in [-0.1, -0.05) is 18.2 Å². The molecule has 0 spiro atoms. The Morgan fingerprint density at radius 2 is 1.93 bits per heavy atom. The predicted molar refractivity (Wildman–Crippen MR) is 110 cm³/mol. The van der Waals surface area contributed by atoms with Crippen LogP contribution in [0.5, 0.6) is 0 Å². The minimum absolute atomic E-state index is 0.138. The molecule has 4 rings (SSSR count). The van der Waals surface area contributed by atoms with E-state index in [9.17, 15) is 13.2 Å². The van der Waals surface area contributed by atoms with Crippen LogP contribution in [0.15, 0.2) is 42.6 Å². The number of piperazine rings is 1. The van der Waals surface area contributed by atoms with Crippen LogP contribution in [-0.2, 0) is 16.6 Å². The molecule has 0 atom stereocenters. The van der Waals surface area contributed by atoms with Crippen LogP contribution >= 0.6 is 11.3 Å². The highest BCUT2D eigenvalue weighted by molar-refractivity contribution is 7.92. The molecule has 2 aromatic heterocycles. The Balaban J connectivity index is 1.34. The van der Waals surface area contributed by atoms with E-state index >= 15 is 0 Å². The number of thiophene rings is 1. The van der Waals surface area contributed by atoms with Crippen molar-refractivity contribution in [3.05, 3.63) is 47.5 Å². The van der Waals surface area contributed by atoms with Gasteiger partial charge < -0.3 is 4.90 Å². The number of benzene rings is 1. The molecule has 0 bridgehead atoms. The number of rotatable bonds is 4. The van der Waals surface area contributed by atoms with Crippen molar-refractivity contribution in [2.24, 2.45) is 0 Å². The average molecular weight is 420 g/mol. The number of carbonyl (C=O) groups is 1. The molecular weight excluding hydrogens is 398 g/mol. The quantitative estimate of drug-likeness (QED) is 0.701. The van der Waals surface area contributed by atoms with Crippen molar-refractivity contribution < 1.29 is 13.2 Å². The molecular formula is C18H21N5O3S2. The van der Waals surface area contributed by atoms with Crippen LogP contribution in [0, 0.1) is 0 Å². The van der Waals surface area contributed by atoms with Crippen molar-refractivity contribution in [2.75, 3.05) is 37.2 Å². The van der Waals surface area contributed by atoms with Crippen molar-refractivity contribution in [3.63, 3.8) is 0 Å². The first-order valence-corrected chi connectivity index (χ1v) is 11.6. The summed E-state index contributed by atoms with van der Waals surface area (Å²) in [6.45, 7) is 3.67. The highest BCUT2D eigenvalue weighted by Crippen LogP contribution is 2.26. The molecule has 0 unspecified atom stereocenters. The summed E-state index contributed by atoms with van der Waals surface area (Å²) in [5.74, 6) is 0.138. The molecule has 1 aliphatic heterocycles. The van der Waals surface area contributed by atoms with Crippen LogP contribution < -0.4 is 4.72 Å². The van der Waals surface area contributed by atoms with Gasteiger partial charge in [0, 0.05) is 54.6 Å².